The smallest absolute Gasteiger partial charge is 0.153 e. The van der Waals surface area contributed by atoms with Gasteiger partial charge >= 0.3 is 0 Å². The van der Waals surface area contributed by atoms with Gasteiger partial charge in [-0.3, -0.25) is 0 Å². The Morgan fingerprint density at radius 3 is 2.68 bits per heavy atom. The maximum absolute atomic E-state index is 11.8. The van der Waals surface area contributed by atoms with Crippen LogP contribution in [0, 0.1) is 0 Å². The van der Waals surface area contributed by atoms with Crippen molar-refractivity contribution in [3.63, 3.8) is 0 Å². The molecule has 3 nitrogen and oxygen atoms in total. The fourth-order valence-corrected chi connectivity index (χ4v) is 6.26. The Hall–Kier alpha value is -0.680. The van der Waals surface area contributed by atoms with Gasteiger partial charge in [-0.15, -0.1) is 0 Å². The highest BCUT2D eigenvalue weighted by atomic mass is 32.2. The van der Waals surface area contributed by atoms with Gasteiger partial charge in [0, 0.05) is 10.9 Å². The Bertz CT molecular complexity index is 487. The number of hydrogen-bond donors (Lipinski definition) is 1. The maximum atomic E-state index is 11.8. The summed E-state index contributed by atoms with van der Waals surface area (Å²) in [5, 5.41) is 3.55. The molecule has 0 radical (unpaired) electrons. The van der Waals surface area contributed by atoms with Crippen LogP contribution in [0.4, 0.5) is 5.69 Å². The van der Waals surface area contributed by atoms with E-state index >= 15 is 0 Å². The summed E-state index contributed by atoms with van der Waals surface area (Å²) < 4.78 is 23.6. The predicted molar refractivity (Wildman–Crippen MR) is 83.7 cm³/mol. The summed E-state index contributed by atoms with van der Waals surface area (Å²) >= 11 is 1.80. The second-order valence-corrected chi connectivity index (χ2v) is 8.46. The van der Waals surface area contributed by atoms with Gasteiger partial charge in [-0.1, -0.05) is 31.5 Å². The Morgan fingerprint density at radius 2 is 2.00 bits per heavy atom. The van der Waals surface area contributed by atoms with Crippen molar-refractivity contribution in [2.75, 3.05) is 22.6 Å². The minimum atomic E-state index is -2.89. The number of para-hydroxylation sites is 1. The average Bonchev–Trinajstić information content (AvgIpc) is 2.65. The number of rotatable bonds is 6. The molecule has 19 heavy (non-hydrogen) atoms. The van der Waals surface area contributed by atoms with Gasteiger partial charge in [0.05, 0.1) is 17.5 Å². The van der Waals surface area contributed by atoms with Crippen molar-refractivity contribution in [3.8, 4) is 0 Å². The molecule has 0 saturated carbocycles. The summed E-state index contributed by atoms with van der Waals surface area (Å²) in [5.41, 5.74) is 1.01. The van der Waals surface area contributed by atoms with Crippen molar-refractivity contribution in [3.05, 3.63) is 30.3 Å². The zero-order valence-electron chi connectivity index (χ0n) is 11.2. The minimum Gasteiger partial charge on any atom is -0.380 e. The van der Waals surface area contributed by atoms with Crippen LogP contribution >= 0.6 is 11.8 Å². The molecule has 1 heterocycles. The quantitative estimate of drug-likeness (QED) is 0.821. The van der Waals surface area contributed by atoms with E-state index in [4.69, 9.17) is 0 Å². The first kappa shape index (κ1) is 14.7. The Balaban J connectivity index is 1.99. The number of hydrogen-bond acceptors (Lipinski definition) is 4. The third-order valence-electron chi connectivity index (χ3n) is 3.26. The van der Waals surface area contributed by atoms with Crippen LogP contribution in [0.3, 0.4) is 0 Å². The molecular weight excluding hydrogens is 278 g/mol. The molecule has 1 N–H and O–H groups in total. The van der Waals surface area contributed by atoms with Crippen molar-refractivity contribution < 1.29 is 8.42 Å². The van der Waals surface area contributed by atoms with E-state index in [1.165, 1.54) is 0 Å². The van der Waals surface area contributed by atoms with E-state index in [9.17, 15) is 8.42 Å². The van der Waals surface area contributed by atoms with Crippen LogP contribution in [0.25, 0.3) is 0 Å². The zero-order valence-corrected chi connectivity index (χ0v) is 12.8. The van der Waals surface area contributed by atoms with Crippen LogP contribution in [-0.2, 0) is 9.84 Å². The van der Waals surface area contributed by atoms with Gasteiger partial charge in [0.2, 0.25) is 0 Å². The first-order valence-electron chi connectivity index (χ1n) is 6.74. The normalized spacial score (nSPS) is 25.3. The Labute approximate surface area is 120 Å². The van der Waals surface area contributed by atoms with E-state index in [-0.39, 0.29) is 17.0 Å². The Morgan fingerprint density at radius 1 is 1.26 bits per heavy atom. The van der Waals surface area contributed by atoms with Crippen molar-refractivity contribution in [1.29, 1.82) is 0 Å². The predicted octanol–water partition coefficient (Wildman–Crippen LogP) is 2.80. The van der Waals surface area contributed by atoms with Crippen molar-refractivity contribution >= 4 is 27.3 Å². The zero-order chi connectivity index (χ0) is 13.7. The van der Waals surface area contributed by atoms with E-state index < -0.39 is 9.84 Å². The first-order chi connectivity index (χ1) is 9.11. The van der Waals surface area contributed by atoms with Gasteiger partial charge < -0.3 is 5.32 Å². The van der Waals surface area contributed by atoms with E-state index in [2.05, 4.69) is 12.2 Å². The number of sulfone groups is 1. The molecule has 1 aliphatic rings. The monoisotopic (exact) mass is 299 g/mol. The minimum absolute atomic E-state index is 0.0363. The molecule has 1 saturated heterocycles. The van der Waals surface area contributed by atoms with Crippen LogP contribution in [-0.4, -0.2) is 37.0 Å². The standard InChI is InChI=1S/C14H21NO2S2/c1-2-3-9-18-14-11-19(16,17)10-13(14)15-12-7-5-4-6-8-12/h4-8,13-15H,2-3,9-11H2,1H3. The van der Waals surface area contributed by atoms with E-state index in [1.807, 2.05) is 30.3 Å². The highest BCUT2D eigenvalue weighted by Crippen LogP contribution is 2.28. The third kappa shape index (κ3) is 4.42. The molecule has 2 atom stereocenters. The molecule has 1 fully saturated rings. The highest BCUT2D eigenvalue weighted by molar-refractivity contribution is 8.01. The second kappa shape index (κ2) is 6.66. The van der Waals surface area contributed by atoms with Gasteiger partial charge in [-0.2, -0.15) is 11.8 Å². The van der Waals surface area contributed by atoms with Crippen LogP contribution in [0.2, 0.25) is 0 Å². The van der Waals surface area contributed by atoms with Gasteiger partial charge in [0.15, 0.2) is 9.84 Å². The van der Waals surface area contributed by atoms with E-state index in [1.54, 1.807) is 11.8 Å². The van der Waals surface area contributed by atoms with Crippen LogP contribution in [0.5, 0.6) is 0 Å². The summed E-state index contributed by atoms with van der Waals surface area (Å²) in [7, 11) is -2.89. The molecule has 5 heteroatoms. The molecule has 0 spiro atoms. The van der Waals surface area contributed by atoms with E-state index in [0.717, 1.165) is 24.3 Å². The Kier molecular flexibility index (Phi) is 5.16. The summed E-state index contributed by atoms with van der Waals surface area (Å²) in [4.78, 5) is 0. The lowest BCUT2D eigenvalue weighted by Gasteiger charge is -2.20. The lowest BCUT2D eigenvalue weighted by Crippen LogP contribution is -2.30. The molecule has 2 rings (SSSR count). The van der Waals surface area contributed by atoms with Gasteiger partial charge in [0.25, 0.3) is 0 Å². The van der Waals surface area contributed by atoms with Crippen molar-refractivity contribution in [1.82, 2.24) is 0 Å². The fraction of sp³-hybridized carbons (Fsp3) is 0.571. The summed E-state index contributed by atoms with van der Waals surface area (Å²) in [5.74, 6) is 1.61. The lowest BCUT2D eigenvalue weighted by atomic mass is 10.2. The van der Waals surface area contributed by atoms with Gasteiger partial charge in [0.1, 0.15) is 0 Å². The van der Waals surface area contributed by atoms with Gasteiger partial charge in [-0.05, 0) is 24.3 Å². The summed E-state index contributed by atoms with van der Waals surface area (Å²) in [6.07, 6.45) is 2.31. The molecule has 2 unspecified atom stereocenters. The van der Waals surface area contributed by atoms with Crippen LogP contribution in [0.1, 0.15) is 19.8 Å². The lowest BCUT2D eigenvalue weighted by molar-refractivity contribution is 0.602. The second-order valence-electron chi connectivity index (χ2n) is 4.96. The van der Waals surface area contributed by atoms with Crippen LogP contribution in [0.15, 0.2) is 30.3 Å². The third-order valence-corrected chi connectivity index (χ3v) is 6.65. The largest absolute Gasteiger partial charge is 0.380 e. The number of benzene rings is 1. The molecular formula is C14H21NO2S2. The SMILES string of the molecule is CCCCSC1CS(=O)(=O)CC1Nc1ccccc1. The summed E-state index contributed by atoms with van der Waals surface area (Å²) in [6.45, 7) is 2.16. The molecule has 0 bridgehead atoms. The topological polar surface area (TPSA) is 46.2 Å². The molecule has 1 aromatic rings. The molecule has 1 aliphatic heterocycles. The molecule has 0 aliphatic carbocycles. The molecule has 1 aromatic carbocycles. The highest BCUT2D eigenvalue weighted by Gasteiger charge is 2.37. The van der Waals surface area contributed by atoms with Gasteiger partial charge in [-0.25, -0.2) is 8.42 Å². The number of anilines is 1. The van der Waals surface area contributed by atoms with Crippen LogP contribution < -0.4 is 5.32 Å². The first-order valence-corrected chi connectivity index (χ1v) is 9.61. The van der Waals surface area contributed by atoms with E-state index in [0.29, 0.717) is 5.75 Å². The number of unbranched alkanes of at least 4 members (excludes halogenated alkanes) is 1. The average molecular weight is 299 g/mol. The number of nitrogens with one attached hydrogen (secondary N) is 1. The molecule has 106 valence electrons. The molecule has 0 amide bonds. The van der Waals surface area contributed by atoms with Crippen molar-refractivity contribution in [2.45, 2.75) is 31.1 Å². The van der Waals surface area contributed by atoms with Crippen molar-refractivity contribution in [2.24, 2.45) is 0 Å². The maximum Gasteiger partial charge on any atom is 0.153 e. The number of thioether (sulfide) groups is 1. The molecule has 0 aromatic heterocycles. The fourth-order valence-electron chi connectivity index (χ4n) is 2.24. The summed E-state index contributed by atoms with van der Waals surface area (Å²) in [6, 6.07) is 9.89.